The molecule has 0 aromatic heterocycles. The van der Waals surface area contributed by atoms with E-state index in [2.05, 4.69) is 37.2 Å². The molecule has 0 aromatic rings. The van der Waals surface area contributed by atoms with Crippen LogP contribution in [0.15, 0.2) is 0 Å². The highest BCUT2D eigenvalue weighted by atomic mass is 32.2. The first-order chi connectivity index (χ1) is 7.17. The van der Waals surface area contributed by atoms with Gasteiger partial charge < -0.3 is 5.32 Å². The van der Waals surface area contributed by atoms with Crippen molar-refractivity contribution in [3.05, 3.63) is 0 Å². The molecular weight excluding hydrogens is 202 g/mol. The molecule has 2 saturated carbocycles. The molecule has 0 amide bonds. The topological polar surface area (TPSA) is 12.0 Å². The lowest BCUT2D eigenvalue weighted by Gasteiger charge is -2.36. The maximum atomic E-state index is 3.85. The molecular formula is C13H25NS. The van der Waals surface area contributed by atoms with Crippen LogP contribution < -0.4 is 5.32 Å². The first-order valence-electron chi connectivity index (χ1n) is 6.45. The third kappa shape index (κ3) is 2.71. The van der Waals surface area contributed by atoms with E-state index in [-0.39, 0.29) is 0 Å². The molecule has 0 saturated heterocycles. The summed E-state index contributed by atoms with van der Waals surface area (Å²) in [6, 6.07) is 0.781. The second kappa shape index (κ2) is 4.67. The third-order valence-electron chi connectivity index (χ3n) is 4.45. The molecule has 2 atom stereocenters. The maximum Gasteiger partial charge on any atom is 0.0282 e. The summed E-state index contributed by atoms with van der Waals surface area (Å²) < 4.78 is 0.622. The molecule has 0 aliphatic heterocycles. The summed E-state index contributed by atoms with van der Waals surface area (Å²) in [6.45, 7) is 6.09. The van der Waals surface area contributed by atoms with Crippen molar-refractivity contribution in [2.75, 3.05) is 12.8 Å². The molecule has 2 aliphatic carbocycles. The Balaban J connectivity index is 1.81. The van der Waals surface area contributed by atoms with E-state index in [4.69, 9.17) is 0 Å². The highest BCUT2D eigenvalue weighted by Crippen LogP contribution is 2.46. The van der Waals surface area contributed by atoms with Gasteiger partial charge in [-0.3, -0.25) is 0 Å². The Bertz CT molecular complexity index is 203. The SMILES string of the molecule is CSC1(CNC2C(C)CCCC2C)CC1. The quantitative estimate of drug-likeness (QED) is 0.791. The number of hydrogen-bond donors (Lipinski definition) is 1. The van der Waals surface area contributed by atoms with Gasteiger partial charge in [-0.2, -0.15) is 11.8 Å². The summed E-state index contributed by atoms with van der Waals surface area (Å²) in [5, 5.41) is 3.85. The summed E-state index contributed by atoms with van der Waals surface area (Å²) in [7, 11) is 0. The highest BCUT2D eigenvalue weighted by molar-refractivity contribution is 8.00. The van der Waals surface area contributed by atoms with Crippen molar-refractivity contribution in [3.8, 4) is 0 Å². The fraction of sp³-hybridized carbons (Fsp3) is 1.00. The van der Waals surface area contributed by atoms with Crippen LogP contribution in [0.5, 0.6) is 0 Å². The molecule has 2 heteroatoms. The van der Waals surface area contributed by atoms with Crippen LogP contribution in [0.4, 0.5) is 0 Å². The first-order valence-corrected chi connectivity index (χ1v) is 7.68. The molecule has 88 valence electrons. The Morgan fingerprint density at radius 2 is 1.80 bits per heavy atom. The Hall–Kier alpha value is 0.310. The normalized spacial score (nSPS) is 39.0. The molecule has 2 fully saturated rings. The fourth-order valence-electron chi connectivity index (χ4n) is 2.98. The molecule has 0 spiro atoms. The molecule has 2 aliphatic rings. The fourth-order valence-corrected chi connectivity index (χ4v) is 3.72. The van der Waals surface area contributed by atoms with Gasteiger partial charge in [0, 0.05) is 17.3 Å². The maximum absolute atomic E-state index is 3.85. The van der Waals surface area contributed by atoms with Gasteiger partial charge >= 0.3 is 0 Å². The highest BCUT2D eigenvalue weighted by Gasteiger charge is 2.42. The van der Waals surface area contributed by atoms with Gasteiger partial charge in [0.2, 0.25) is 0 Å². The number of thioether (sulfide) groups is 1. The van der Waals surface area contributed by atoms with E-state index in [1.807, 2.05) is 0 Å². The Morgan fingerprint density at radius 3 is 2.27 bits per heavy atom. The minimum absolute atomic E-state index is 0.622. The van der Waals surface area contributed by atoms with Crippen LogP contribution >= 0.6 is 11.8 Å². The van der Waals surface area contributed by atoms with E-state index >= 15 is 0 Å². The molecule has 15 heavy (non-hydrogen) atoms. The second-order valence-electron chi connectivity index (χ2n) is 5.68. The van der Waals surface area contributed by atoms with E-state index in [0.29, 0.717) is 4.75 Å². The zero-order chi connectivity index (χ0) is 10.9. The van der Waals surface area contributed by atoms with Gasteiger partial charge in [-0.05, 0) is 43.8 Å². The minimum atomic E-state index is 0.622. The van der Waals surface area contributed by atoms with Gasteiger partial charge in [0.25, 0.3) is 0 Å². The van der Waals surface area contributed by atoms with E-state index in [0.717, 1.165) is 17.9 Å². The molecule has 1 nitrogen and oxygen atoms in total. The van der Waals surface area contributed by atoms with Gasteiger partial charge in [-0.1, -0.05) is 20.3 Å². The van der Waals surface area contributed by atoms with Gasteiger partial charge in [0.15, 0.2) is 0 Å². The lowest BCUT2D eigenvalue weighted by Crippen LogP contribution is -2.45. The van der Waals surface area contributed by atoms with Crippen LogP contribution in [0.25, 0.3) is 0 Å². The first kappa shape index (κ1) is 11.8. The molecule has 2 rings (SSSR count). The largest absolute Gasteiger partial charge is 0.312 e. The van der Waals surface area contributed by atoms with Crippen molar-refractivity contribution in [1.82, 2.24) is 5.32 Å². The number of hydrogen-bond acceptors (Lipinski definition) is 2. The van der Waals surface area contributed by atoms with Gasteiger partial charge in [0.05, 0.1) is 0 Å². The monoisotopic (exact) mass is 227 g/mol. The van der Waals surface area contributed by atoms with Crippen LogP contribution in [0.1, 0.15) is 46.0 Å². The van der Waals surface area contributed by atoms with Crippen molar-refractivity contribution in [2.45, 2.75) is 56.7 Å². The molecule has 0 heterocycles. The minimum Gasteiger partial charge on any atom is -0.312 e. The van der Waals surface area contributed by atoms with Crippen molar-refractivity contribution < 1.29 is 0 Å². The predicted octanol–water partition coefficient (Wildman–Crippen LogP) is 3.30. The van der Waals surface area contributed by atoms with Gasteiger partial charge in [-0.25, -0.2) is 0 Å². The van der Waals surface area contributed by atoms with Crippen LogP contribution in [0, 0.1) is 11.8 Å². The van der Waals surface area contributed by atoms with E-state index in [1.165, 1.54) is 38.6 Å². The average Bonchev–Trinajstić information content (AvgIpc) is 2.98. The Labute approximate surface area is 98.8 Å². The van der Waals surface area contributed by atoms with Crippen LogP contribution in [-0.4, -0.2) is 23.6 Å². The van der Waals surface area contributed by atoms with Gasteiger partial charge in [-0.15, -0.1) is 0 Å². The second-order valence-corrected chi connectivity index (χ2v) is 6.95. The Kier molecular flexibility index (Phi) is 3.67. The summed E-state index contributed by atoms with van der Waals surface area (Å²) in [5.41, 5.74) is 0. The lowest BCUT2D eigenvalue weighted by atomic mass is 9.78. The summed E-state index contributed by atoms with van der Waals surface area (Å²) in [4.78, 5) is 0. The van der Waals surface area contributed by atoms with Crippen molar-refractivity contribution in [2.24, 2.45) is 11.8 Å². The lowest BCUT2D eigenvalue weighted by molar-refractivity contribution is 0.209. The Morgan fingerprint density at radius 1 is 1.20 bits per heavy atom. The van der Waals surface area contributed by atoms with E-state index < -0.39 is 0 Å². The standard InChI is InChI=1S/C13H25NS/c1-10-5-4-6-11(2)12(10)14-9-13(15-3)7-8-13/h10-12,14H,4-9H2,1-3H3. The van der Waals surface area contributed by atoms with Crippen LogP contribution in [0.2, 0.25) is 0 Å². The zero-order valence-electron chi connectivity index (χ0n) is 10.4. The van der Waals surface area contributed by atoms with Crippen LogP contribution in [-0.2, 0) is 0 Å². The number of rotatable bonds is 4. The summed E-state index contributed by atoms with van der Waals surface area (Å²) >= 11 is 2.07. The third-order valence-corrected chi connectivity index (χ3v) is 5.86. The smallest absolute Gasteiger partial charge is 0.0282 e. The summed E-state index contributed by atoms with van der Waals surface area (Å²) in [6.07, 6.45) is 9.41. The van der Waals surface area contributed by atoms with Crippen molar-refractivity contribution in [1.29, 1.82) is 0 Å². The van der Waals surface area contributed by atoms with Gasteiger partial charge in [0.1, 0.15) is 0 Å². The summed E-state index contributed by atoms with van der Waals surface area (Å²) in [5.74, 6) is 1.76. The predicted molar refractivity (Wildman–Crippen MR) is 69.4 cm³/mol. The van der Waals surface area contributed by atoms with Crippen molar-refractivity contribution in [3.63, 3.8) is 0 Å². The molecule has 0 radical (unpaired) electrons. The van der Waals surface area contributed by atoms with E-state index in [9.17, 15) is 0 Å². The average molecular weight is 227 g/mol. The van der Waals surface area contributed by atoms with E-state index in [1.54, 1.807) is 0 Å². The zero-order valence-corrected chi connectivity index (χ0v) is 11.2. The molecule has 1 N–H and O–H groups in total. The molecule has 0 aromatic carbocycles. The molecule has 0 bridgehead atoms. The van der Waals surface area contributed by atoms with Crippen molar-refractivity contribution >= 4 is 11.8 Å². The molecule has 2 unspecified atom stereocenters. The number of nitrogens with one attached hydrogen (secondary N) is 1. The van der Waals surface area contributed by atoms with Crippen LogP contribution in [0.3, 0.4) is 0 Å².